The average molecular weight is 300 g/mol. The zero-order chi connectivity index (χ0) is 16.1. The molecule has 1 aromatic heterocycles. The van der Waals surface area contributed by atoms with Gasteiger partial charge in [0.25, 0.3) is 0 Å². The highest BCUT2D eigenvalue weighted by molar-refractivity contribution is 5.27. The fourth-order valence-corrected chi connectivity index (χ4v) is 2.02. The van der Waals surface area contributed by atoms with Gasteiger partial charge in [-0.1, -0.05) is 23.8 Å². The van der Waals surface area contributed by atoms with Gasteiger partial charge in [0, 0.05) is 18.9 Å². The van der Waals surface area contributed by atoms with Crippen molar-refractivity contribution < 1.29 is 4.74 Å². The molecule has 1 aromatic carbocycles. The number of benzene rings is 1. The number of rotatable bonds is 5. The van der Waals surface area contributed by atoms with Crippen LogP contribution >= 0.6 is 0 Å². The van der Waals surface area contributed by atoms with Crippen LogP contribution in [0.3, 0.4) is 0 Å². The third-order valence-electron chi connectivity index (χ3n) is 3.34. The van der Waals surface area contributed by atoms with E-state index in [0.29, 0.717) is 13.1 Å². The van der Waals surface area contributed by atoms with E-state index in [1.807, 2.05) is 44.2 Å². The van der Waals surface area contributed by atoms with Crippen LogP contribution in [0.2, 0.25) is 0 Å². The van der Waals surface area contributed by atoms with Gasteiger partial charge in [-0.25, -0.2) is 0 Å². The van der Waals surface area contributed by atoms with Gasteiger partial charge >= 0.3 is 11.1 Å². The van der Waals surface area contributed by atoms with Gasteiger partial charge in [-0.15, -0.1) is 0 Å². The van der Waals surface area contributed by atoms with E-state index >= 15 is 0 Å². The predicted molar refractivity (Wildman–Crippen MR) is 86.5 cm³/mol. The Kier molecular flexibility index (Phi) is 4.99. The minimum atomic E-state index is -0.513. The Balaban J connectivity index is 2.25. The van der Waals surface area contributed by atoms with E-state index in [1.165, 1.54) is 9.13 Å². The molecule has 0 radical (unpaired) electrons. The van der Waals surface area contributed by atoms with E-state index in [-0.39, 0.29) is 0 Å². The zero-order valence-electron chi connectivity index (χ0n) is 13.1. The fraction of sp³-hybridized carbons (Fsp3) is 0.294. The molecule has 0 amide bonds. The van der Waals surface area contributed by atoms with Crippen LogP contribution in [0.25, 0.3) is 0 Å². The molecule has 0 aliphatic rings. The number of nitrogens with zero attached hydrogens (tertiary/aromatic N) is 2. The van der Waals surface area contributed by atoms with Crippen molar-refractivity contribution in [1.82, 2.24) is 9.13 Å². The standard InChI is InChI=1S/C17H20N2O3/c1-13(2)8-9-18-10-11-19(17(21)16(18)20)12-14-4-6-15(22-3)7-5-14/h4-8,10-11H,9,12H2,1-3H3. The Morgan fingerprint density at radius 1 is 1.05 bits per heavy atom. The quantitative estimate of drug-likeness (QED) is 0.627. The van der Waals surface area contributed by atoms with Crippen LogP contribution in [0.5, 0.6) is 5.75 Å². The smallest absolute Gasteiger partial charge is 0.316 e. The molecule has 0 saturated carbocycles. The highest BCUT2D eigenvalue weighted by Gasteiger charge is 2.05. The van der Waals surface area contributed by atoms with E-state index in [1.54, 1.807) is 19.5 Å². The Bertz CT molecular complexity index is 779. The number of hydrogen-bond donors (Lipinski definition) is 0. The lowest BCUT2D eigenvalue weighted by molar-refractivity contribution is 0.414. The lowest BCUT2D eigenvalue weighted by Gasteiger charge is -2.08. The molecule has 0 aliphatic heterocycles. The molecule has 22 heavy (non-hydrogen) atoms. The van der Waals surface area contributed by atoms with E-state index < -0.39 is 11.1 Å². The second-order valence-corrected chi connectivity index (χ2v) is 5.32. The summed E-state index contributed by atoms with van der Waals surface area (Å²) < 4.78 is 7.93. The molecular weight excluding hydrogens is 280 g/mol. The second-order valence-electron chi connectivity index (χ2n) is 5.32. The monoisotopic (exact) mass is 300 g/mol. The molecule has 0 atom stereocenters. The predicted octanol–water partition coefficient (Wildman–Crippen LogP) is 2.03. The summed E-state index contributed by atoms with van der Waals surface area (Å²) in [5.41, 5.74) is 1.02. The van der Waals surface area contributed by atoms with Gasteiger partial charge in [0.15, 0.2) is 0 Å². The molecule has 0 unspecified atom stereocenters. The summed E-state index contributed by atoms with van der Waals surface area (Å²) in [6.07, 6.45) is 5.20. The first-order valence-electron chi connectivity index (χ1n) is 7.07. The van der Waals surface area contributed by atoms with Crippen LogP contribution in [0.1, 0.15) is 19.4 Å². The molecule has 2 rings (SSSR count). The van der Waals surface area contributed by atoms with E-state index in [2.05, 4.69) is 0 Å². The van der Waals surface area contributed by atoms with Crippen molar-refractivity contribution >= 4 is 0 Å². The number of allylic oxidation sites excluding steroid dienone is 2. The SMILES string of the molecule is COc1ccc(Cn2ccn(CC=C(C)C)c(=O)c2=O)cc1. The first-order chi connectivity index (χ1) is 10.5. The topological polar surface area (TPSA) is 53.2 Å². The van der Waals surface area contributed by atoms with Gasteiger partial charge in [-0.3, -0.25) is 9.59 Å². The second kappa shape index (κ2) is 6.93. The summed E-state index contributed by atoms with van der Waals surface area (Å²) in [5, 5.41) is 0. The normalized spacial score (nSPS) is 10.3. The molecule has 5 nitrogen and oxygen atoms in total. The summed E-state index contributed by atoms with van der Waals surface area (Å²) in [5.74, 6) is 0.758. The number of methoxy groups -OCH3 is 1. The van der Waals surface area contributed by atoms with Crippen molar-refractivity contribution in [3.63, 3.8) is 0 Å². The molecule has 0 N–H and O–H groups in total. The lowest BCUT2D eigenvalue weighted by Crippen LogP contribution is -2.40. The van der Waals surface area contributed by atoms with Crippen molar-refractivity contribution in [2.45, 2.75) is 26.9 Å². The number of ether oxygens (including phenoxy) is 1. The molecule has 0 spiro atoms. The number of aromatic nitrogens is 2. The van der Waals surface area contributed by atoms with E-state index in [9.17, 15) is 9.59 Å². The molecule has 5 heteroatoms. The molecule has 116 valence electrons. The number of hydrogen-bond acceptors (Lipinski definition) is 3. The lowest BCUT2D eigenvalue weighted by atomic mass is 10.2. The summed E-state index contributed by atoms with van der Waals surface area (Å²) in [7, 11) is 1.60. The summed E-state index contributed by atoms with van der Waals surface area (Å²) in [4.78, 5) is 24.2. The third kappa shape index (κ3) is 3.75. The van der Waals surface area contributed by atoms with Gasteiger partial charge < -0.3 is 13.9 Å². The molecule has 0 fully saturated rings. The minimum Gasteiger partial charge on any atom is -0.497 e. The van der Waals surface area contributed by atoms with E-state index in [4.69, 9.17) is 4.74 Å². The van der Waals surface area contributed by atoms with Crippen molar-refractivity contribution in [2.24, 2.45) is 0 Å². The van der Waals surface area contributed by atoms with Gasteiger partial charge in [-0.2, -0.15) is 0 Å². The molecule has 2 aromatic rings. The highest BCUT2D eigenvalue weighted by Crippen LogP contribution is 2.11. The Morgan fingerprint density at radius 3 is 2.23 bits per heavy atom. The molecule has 0 saturated heterocycles. The Labute approximate surface area is 129 Å². The first-order valence-corrected chi connectivity index (χ1v) is 7.07. The molecule has 0 aliphatic carbocycles. The third-order valence-corrected chi connectivity index (χ3v) is 3.34. The first kappa shape index (κ1) is 15.8. The molecule has 1 heterocycles. The van der Waals surface area contributed by atoms with Crippen LogP contribution in [-0.4, -0.2) is 16.2 Å². The largest absolute Gasteiger partial charge is 0.497 e. The Hall–Kier alpha value is -2.56. The maximum atomic E-state index is 12.1. The average Bonchev–Trinajstić information content (AvgIpc) is 2.51. The van der Waals surface area contributed by atoms with Gasteiger partial charge in [0.2, 0.25) is 0 Å². The highest BCUT2D eigenvalue weighted by atomic mass is 16.5. The summed E-state index contributed by atoms with van der Waals surface area (Å²) in [6, 6.07) is 7.41. The maximum absolute atomic E-state index is 12.1. The van der Waals surface area contributed by atoms with Crippen molar-refractivity contribution in [3.8, 4) is 5.75 Å². The summed E-state index contributed by atoms with van der Waals surface area (Å²) in [6.45, 7) is 4.69. The van der Waals surface area contributed by atoms with Crippen molar-refractivity contribution in [1.29, 1.82) is 0 Å². The van der Waals surface area contributed by atoms with E-state index in [0.717, 1.165) is 16.9 Å². The Morgan fingerprint density at radius 2 is 1.64 bits per heavy atom. The van der Waals surface area contributed by atoms with Gasteiger partial charge in [-0.05, 0) is 31.5 Å². The maximum Gasteiger partial charge on any atom is 0.316 e. The van der Waals surface area contributed by atoms with Gasteiger partial charge in [0.05, 0.1) is 13.7 Å². The van der Waals surface area contributed by atoms with Crippen LogP contribution < -0.4 is 15.9 Å². The van der Waals surface area contributed by atoms with Crippen LogP contribution in [0.15, 0.2) is 57.9 Å². The van der Waals surface area contributed by atoms with Crippen molar-refractivity contribution in [2.75, 3.05) is 7.11 Å². The molecule has 0 bridgehead atoms. The fourth-order valence-electron chi connectivity index (χ4n) is 2.02. The van der Waals surface area contributed by atoms with Crippen LogP contribution in [0.4, 0.5) is 0 Å². The summed E-state index contributed by atoms with van der Waals surface area (Å²) >= 11 is 0. The van der Waals surface area contributed by atoms with Crippen LogP contribution in [0, 0.1) is 0 Å². The minimum absolute atomic E-state index is 0.363. The van der Waals surface area contributed by atoms with Crippen LogP contribution in [-0.2, 0) is 13.1 Å². The van der Waals surface area contributed by atoms with Gasteiger partial charge in [0.1, 0.15) is 5.75 Å². The zero-order valence-corrected chi connectivity index (χ0v) is 13.1. The van der Waals surface area contributed by atoms with Crippen molar-refractivity contribution in [3.05, 3.63) is 74.6 Å². The molecular formula is C17H20N2O3.